The standard InChI is InChI=1S/C21H18O3/c1-13(23-2)12-24-21(22)18-11-9-16-7-6-14-4-3-5-15-8-10-17(18)20(16)19(14)15/h3-11,13H,12H2,1-2H3. The summed E-state index contributed by atoms with van der Waals surface area (Å²) in [5, 5.41) is 6.77. The van der Waals surface area contributed by atoms with E-state index in [4.69, 9.17) is 9.47 Å². The highest BCUT2D eigenvalue weighted by molar-refractivity contribution is 6.25. The predicted molar refractivity (Wildman–Crippen MR) is 96.9 cm³/mol. The van der Waals surface area contributed by atoms with E-state index < -0.39 is 0 Å². The summed E-state index contributed by atoms with van der Waals surface area (Å²) < 4.78 is 10.5. The minimum Gasteiger partial charge on any atom is -0.459 e. The third kappa shape index (κ3) is 2.29. The smallest absolute Gasteiger partial charge is 0.338 e. The minimum absolute atomic E-state index is 0.117. The fraction of sp³-hybridized carbons (Fsp3) is 0.190. The Labute approximate surface area is 140 Å². The molecule has 1 atom stereocenters. The maximum absolute atomic E-state index is 12.5. The third-order valence-electron chi connectivity index (χ3n) is 4.60. The van der Waals surface area contributed by atoms with Crippen molar-refractivity contribution in [2.75, 3.05) is 13.7 Å². The summed E-state index contributed by atoms with van der Waals surface area (Å²) in [6.07, 6.45) is -0.117. The second-order valence-corrected chi connectivity index (χ2v) is 6.11. The molecule has 0 heterocycles. The Morgan fingerprint density at radius 2 is 1.54 bits per heavy atom. The average molecular weight is 318 g/mol. The summed E-state index contributed by atoms with van der Waals surface area (Å²) in [7, 11) is 1.61. The van der Waals surface area contributed by atoms with Gasteiger partial charge >= 0.3 is 5.97 Å². The molecule has 0 fully saturated rings. The lowest BCUT2D eigenvalue weighted by atomic mass is 9.92. The van der Waals surface area contributed by atoms with Gasteiger partial charge in [0, 0.05) is 7.11 Å². The first-order valence-electron chi connectivity index (χ1n) is 8.05. The van der Waals surface area contributed by atoms with E-state index in [1.165, 1.54) is 16.2 Å². The van der Waals surface area contributed by atoms with Gasteiger partial charge in [-0.2, -0.15) is 0 Å². The molecule has 0 amide bonds. The van der Waals surface area contributed by atoms with Crippen molar-refractivity contribution in [3.8, 4) is 0 Å². The molecular formula is C21H18O3. The zero-order valence-corrected chi connectivity index (χ0v) is 13.7. The molecule has 4 aromatic carbocycles. The highest BCUT2D eigenvalue weighted by Gasteiger charge is 2.16. The van der Waals surface area contributed by atoms with Crippen molar-refractivity contribution < 1.29 is 14.3 Å². The third-order valence-corrected chi connectivity index (χ3v) is 4.60. The van der Waals surface area contributed by atoms with E-state index in [1.54, 1.807) is 7.11 Å². The normalized spacial score (nSPS) is 12.9. The highest BCUT2D eigenvalue weighted by Crippen LogP contribution is 2.36. The first kappa shape index (κ1) is 14.9. The van der Waals surface area contributed by atoms with Crippen molar-refractivity contribution in [1.29, 1.82) is 0 Å². The van der Waals surface area contributed by atoms with Crippen LogP contribution < -0.4 is 0 Å². The molecule has 0 saturated carbocycles. The van der Waals surface area contributed by atoms with Gasteiger partial charge in [-0.15, -0.1) is 0 Å². The van der Waals surface area contributed by atoms with Gasteiger partial charge in [0.25, 0.3) is 0 Å². The molecule has 0 bridgehead atoms. The number of ether oxygens (including phenoxy) is 2. The number of hydrogen-bond donors (Lipinski definition) is 0. The molecular weight excluding hydrogens is 300 g/mol. The summed E-state index contributed by atoms with van der Waals surface area (Å²) >= 11 is 0. The quantitative estimate of drug-likeness (QED) is 0.401. The summed E-state index contributed by atoms with van der Waals surface area (Å²) in [6, 6.07) is 18.4. The van der Waals surface area contributed by atoms with Crippen molar-refractivity contribution in [3.05, 3.63) is 60.2 Å². The second kappa shape index (κ2) is 5.77. The van der Waals surface area contributed by atoms with Gasteiger partial charge in [-0.05, 0) is 45.3 Å². The van der Waals surface area contributed by atoms with Crippen LogP contribution in [0.1, 0.15) is 17.3 Å². The van der Waals surface area contributed by atoms with E-state index in [1.807, 2.05) is 25.1 Å². The number of benzene rings is 4. The van der Waals surface area contributed by atoms with Gasteiger partial charge in [0.2, 0.25) is 0 Å². The van der Waals surface area contributed by atoms with E-state index in [2.05, 4.69) is 36.4 Å². The monoisotopic (exact) mass is 318 g/mol. The van der Waals surface area contributed by atoms with Crippen LogP contribution in [0.2, 0.25) is 0 Å². The first-order valence-corrected chi connectivity index (χ1v) is 8.05. The first-order chi connectivity index (χ1) is 11.7. The van der Waals surface area contributed by atoms with Gasteiger partial charge in [0.05, 0.1) is 11.7 Å². The molecule has 0 spiro atoms. The van der Waals surface area contributed by atoms with Gasteiger partial charge < -0.3 is 9.47 Å². The molecule has 0 aliphatic rings. The maximum atomic E-state index is 12.5. The molecule has 0 N–H and O–H groups in total. The summed E-state index contributed by atoms with van der Waals surface area (Å²) in [5.41, 5.74) is 0.601. The predicted octanol–water partition coefficient (Wildman–Crippen LogP) is 4.78. The van der Waals surface area contributed by atoms with Gasteiger partial charge in [0.1, 0.15) is 6.61 Å². The van der Waals surface area contributed by atoms with Gasteiger partial charge in [-0.3, -0.25) is 0 Å². The largest absolute Gasteiger partial charge is 0.459 e. The number of methoxy groups -OCH3 is 1. The number of hydrogen-bond acceptors (Lipinski definition) is 3. The van der Waals surface area contributed by atoms with Crippen LogP contribution in [-0.4, -0.2) is 25.8 Å². The Bertz CT molecular complexity index is 1020. The Hall–Kier alpha value is -2.65. The Balaban J connectivity index is 1.89. The Morgan fingerprint density at radius 1 is 0.917 bits per heavy atom. The second-order valence-electron chi connectivity index (χ2n) is 6.11. The molecule has 0 radical (unpaired) electrons. The lowest BCUT2D eigenvalue weighted by molar-refractivity contribution is 0.0171. The van der Waals surface area contributed by atoms with Crippen molar-refractivity contribution in [3.63, 3.8) is 0 Å². The summed E-state index contributed by atoms with van der Waals surface area (Å²) in [6.45, 7) is 2.12. The van der Waals surface area contributed by atoms with Crippen molar-refractivity contribution >= 4 is 38.3 Å². The van der Waals surface area contributed by atoms with Crippen molar-refractivity contribution in [2.45, 2.75) is 13.0 Å². The fourth-order valence-electron chi connectivity index (χ4n) is 3.25. The zero-order chi connectivity index (χ0) is 16.7. The lowest BCUT2D eigenvalue weighted by Gasteiger charge is -2.14. The van der Waals surface area contributed by atoms with Crippen LogP contribution in [0.5, 0.6) is 0 Å². The average Bonchev–Trinajstić information content (AvgIpc) is 2.63. The van der Waals surface area contributed by atoms with Gasteiger partial charge in [0.15, 0.2) is 0 Å². The molecule has 3 heteroatoms. The number of carbonyl (C=O) groups is 1. The number of esters is 1. The maximum Gasteiger partial charge on any atom is 0.338 e. The molecule has 0 aliphatic carbocycles. The van der Waals surface area contributed by atoms with Gasteiger partial charge in [-0.25, -0.2) is 4.79 Å². The minimum atomic E-state index is -0.308. The Kier molecular flexibility index (Phi) is 3.58. The van der Waals surface area contributed by atoms with Crippen molar-refractivity contribution in [2.24, 2.45) is 0 Å². The highest BCUT2D eigenvalue weighted by atomic mass is 16.6. The molecule has 0 aromatic heterocycles. The summed E-state index contributed by atoms with van der Waals surface area (Å²) in [4.78, 5) is 12.5. The van der Waals surface area contributed by atoms with E-state index >= 15 is 0 Å². The number of rotatable bonds is 4. The van der Waals surface area contributed by atoms with Crippen LogP contribution >= 0.6 is 0 Å². The van der Waals surface area contributed by atoms with E-state index in [9.17, 15) is 4.79 Å². The number of carbonyl (C=O) groups excluding carboxylic acids is 1. The summed E-state index contributed by atoms with van der Waals surface area (Å²) in [5.74, 6) is -0.308. The topological polar surface area (TPSA) is 35.5 Å². The Morgan fingerprint density at radius 3 is 2.25 bits per heavy atom. The zero-order valence-electron chi connectivity index (χ0n) is 13.7. The molecule has 24 heavy (non-hydrogen) atoms. The molecule has 0 aliphatic heterocycles. The molecule has 1 unspecified atom stereocenters. The van der Waals surface area contributed by atoms with Gasteiger partial charge in [-0.1, -0.05) is 48.5 Å². The van der Waals surface area contributed by atoms with Crippen LogP contribution in [0.3, 0.4) is 0 Å². The van der Waals surface area contributed by atoms with Crippen LogP contribution in [0.4, 0.5) is 0 Å². The van der Waals surface area contributed by atoms with Crippen molar-refractivity contribution in [1.82, 2.24) is 0 Å². The van der Waals surface area contributed by atoms with Crippen LogP contribution in [0, 0.1) is 0 Å². The molecule has 4 rings (SSSR count). The van der Waals surface area contributed by atoms with E-state index in [-0.39, 0.29) is 18.7 Å². The van der Waals surface area contributed by atoms with E-state index in [0.29, 0.717) is 5.56 Å². The molecule has 120 valence electrons. The van der Waals surface area contributed by atoms with Crippen LogP contribution in [-0.2, 0) is 9.47 Å². The molecule has 3 nitrogen and oxygen atoms in total. The SMILES string of the molecule is COC(C)COC(=O)c1ccc2ccc3cccc4ccc1c2c34. The molecule has 0 saturated heterocycles. The van der Waals surface area contributed by atoms with Crippen LogP contribution in [0.15, 0.2) is 54.6 Å². The van der Waals surface area contributed by atoms with Crippen LogP contribution in [0.25, 0.3) is 32.3 Å². The molecule has 4 aromatic rings. The van der Waals surface area contributed by atoms with E-state index in [0.717, 1.165) is 16.2 Å². The fourth-order valence-corrected chi connectivity index (χ4v) is 3.25. The lowest BCUT2D eigenvalue weighted by Crippen LogP contribution is -2.17.